The minimum atomic E-state index is -0.0913. The van der Waals surface area contributed by atoms with Crippen LogP contribution in [0.15, 0.2) is 36.7 Å². The monoisotopic (exact) mass is 259 g/mol. The molecule has 19 heavy (non-hydrogen) atoms. The first-order valence-corrected chi connectivity index (χ1v) is 6.38. The summed E-state index contributed by atoms with van der Waals surface area (Å²) in [6, 6.07) is 8.01. The van der Waals surface area contributed by atoms with Crippen molar-refractivity contribution in [3.8, 4) is 0 Å². The second-order valence-corrected chi connectivity index (χ2v) is 4.57. The molecule has 2 heterocycles. The van der Waals surface area contributed by atoms with E-state index >= 15 is 0 Å². The number of nitrogens with one attached hydrogen (secondary N) is 1. The van der Waals surface area contributed by atoms with E-state index in [0.717, 1.165) is 16.3 Å². The summed E-state index contributed by atoms with van der Waals surface area (Å²) in [5.74, 6) is 5.73. The van der Waals surface area contributed by atoms with Crippen LogP contribution in [0.25, 0.3) is 10.8 Å². The molecule has 100 valence electrons. The average Bonchev–Trinajstić information content (AvgIpc) is 2.49. The third kappa shape index (κ3) is 2.46. The van der Waals surface area contributed by atoms with Crippen molar-refractivity contribution in [2.24, 2.45) is 5.84 Å². The smallest absolute Gasteiger partial charge is 0.102 e. The molecule has 5 nitrogen and oxygen atoms in total. The number of ether oxygens (including phenoxy) is 2. The van der Waals surface area contributed by atoms with Gasteiger partial charge in [0.15, 0.2) is 0 Å². The summed E-state index contributed by atoms with van der Waals surface area (Å²) in [6.07, 6.45) is 3.57. The Balaban J connectivity index is 2.00. The number of nitrogens with zero attached hydrogens (tertiary/aromatic N) is 1. The summed E-state index contributed by atoms with van der Waals surface area (Å²) in [5.41, 5.74) is 3.96. The van der Waals surface area contributed by atoms with Crippen LogP contribution >= 0.6 is 0 Å². The summed E-state index contributed by atoms with van der Waals surface area (Å²) in [6.45, 7) is 1.80. The average molecular weight is 259 g/mol. The molecule has 1 aromatic heterocycles. The number of hydrogen-bond donors (Lipinski definition) is 2. The zero-order valence-corrected chi connectivity index (χ0v) is 10.6. The van der Waals surface area contributed by atoms with E-state index in [0.29, 0.717) is 19.8 Å². The van der Waals surface area contributed by atoms with Gasteiger partial charge in [-0.1, -0.05) is 18.2 Å². The first kappa shape index (κ1) is 12.5. The van der Waals surface area contributed by atoms with Gasteiger partial charge < -0.3 is 9.47 Å². The summed E-state index contributed by atoms with van der Waals surface area (Å²) in [5, 5.41) is 2.23. The van der Waals surface area contributed by atoms with Gasteiger partial charge in [-0.05, 0) is 17.0 Å². The molecular formula is C14H17N3O2. The predicted octanol–water partition coefficient (Wildman–Crippen LogP) is 1.15. The maximum absolute atomic E-state index is 5.75. The summed E-state index contributed by atoms with van der Waals surface area (Å²) in [7, 11) is 0. The molecule has 0 amide bonds. The standard InChI is InChI=1S/C14H17N3O2/c15-17-14(13-9-18-6-7-19-13)12-3-1-2-10-8-16-5-4-11(10)12/h1-5,8,13-14,17H,6-7,9,15H2. The Labute approximate surface area is 111 Å². The molecule has 1 aromatic carbocycles. The van der Waals surface area contributed by atoms with E-state index in [1.54, 1.807) is 6.20 Å². The summed E-state index contributed by atoms with van der Waals surface area (Å²) < 4.78 is 11.2. The molecule has 0 bridgehead atoms. The molecule has 0 aliphatic carbocycles. The van der Waals surface area contributed by atoms with E-state index in [1.165, 1.54) is 0 Å². The summed E-state index contributed by atoms with van der Waals surface area (Å²) >= 11 is 0. The van der Waals surface area contributed by atoms with Crippen molar-refractivity contribution in [1.29, 1.82) is 0 Å². The number of rotatable bonds is 3. The second-order valence-electron chi connectivity index (χ2n) is 4.57. The van der Waals surface area contributed by atoms with Gasteiger partial charge in [-0.2, -0.15) is 0 Å². The number of hydrazine groups is 1. The molecule has 3 rings (SSSR count). The maximum atomic E-state index is 5.75. The van der Waals surface area contributed by atoms with Gasteiger partial charge in [0.1, 0.15) is 6.10 Å². The van der Waals surface area contributed by atoms with Gasteiger partial charge in [-0.25, -0.2) is 0 Å². The fourth-order valence-corrected chi connectivity index (χ4v) is 2.51. The van der Waals surface area contributed by atoms with Crippen LogP contribution in [0.3, 0.4) is 0 Å². The molecule has 5 heteroatoms. The lowest BCUT2D eigenvalue weighted by atomic mass is 9.96. The predicted molar refractivity (Wildman–Crippen MR) is 72.4 cm³/mol. The molecule has 2 unspecified atom stereocenters. The number of benzene rings is 1. The van der Waals surface area contributed by atoms with Crippen molar-refractivity contribution < 1.29 is 9.47 Å². The van der Waals surface area contributed by atoms with Crippen LogP contribution in [0.5, 0.6) is 0 Å². The fraction of sp³-hybridized carbons (Fsp3) is 0.357. The quantitative estimate of drug-likeness (QED) is 0.639. The molecular weight excluding hydrogens is 242 g/mol. The number of fused-ring (bicyclic) bond motifs is 1. The molecule has 0 spiro atoms. The van der Waals surface area contributed by atoms with Gasteiger partial charge in [-0.15, -0.1) is 0 Å². The van der Waals surface area contributed by atoms with Crippen LogP contribution in [-0.4, -0.2) is 30.9 Å². The van der Waals surface area contributed by atoms with E-state index in [2.05, 4.69) is 16.5 Å². The number of nitrogens with two attached hydrogens (primary N) is 1. The topological polar surface area (TPSA) is 69.4 Å². The van der Waals surface area contributed by atoms with Crippen molar-refractivity contribution in [2.75, 3.05) is 19.8 Å². The van der Waals surface area contributed by atoms with Crippen LogP contribution in [0, 0.1) is 0 Å². The lowest BCUT2D eigenvalue weighted by molar-refractivity contribution is -0.102. The molecule has 3 N–H and O–H groups in total. The van der Waals surface area contributed by atoms with Crippen LogP contribution < -0.4 is 11.3 Å². The molecule has 1 fully saturated rings. The van der Waals surface area contributed by atoms with Gasteiger partial charge >= 0.3 is 0 Å². The van der Waals surface area contributed by atoms with Gasteiger partial charge in [-0.3, -0.25) is 16.3 Å². The highest BCUT2D eigenvalue weighted by atomic mass is 16.6. The van der Waals surface area contributed by atoms with Crippen molar-refractivity contribution in [1.82, 2.24) is 10.4 Å². The second kappa shape index (κ2) is 5.63. The van der Waals surface area contributed by atoms with Crippen LogP contribution in [0.1, 0.15) is 11.6 Å². The SMILES string of the molecule is NNC(c1cccc2cnccc12)C1COCCO1. The third-order valence-corrected chi connectivity index (χ3v) is 3.44. The zero-order valence-electron chi connectivity index (χ0n) is 10.6. The van der Waals surface area contributed by atoms with E-state index < -0.39 is 0 Å². The lowest BCUT2D eigenvalue weighted by Crippen LogP contribution is -2.43. The minimum absolute atomic E-state index is 0.0717. The Kier molecular flexibility index (Phi) is 3.70. The van der Waals surface area contributed by atoms with E-state index in [9.17, 15) is 0 Å². The highest BCUT2D eigenvalue weighted by Crippen LogP contribution is 2.27. The summed E-state index contributed by atoms with van der Waals surface area (Å²) in [4.78, 5) is 4.14. The van der Waals surface area contributed by atoms with Crippen molar-refractivity contribution in [3.63, 3.8) is 0 Å². The van der Waals surface area contributed by atoms with Crippen molar-refractivity contribution in [3.05, 3.63) is 42.2 Å². The minimum Gasteiger partial charge on any atom is -0.376 e. The molecule has 2 aromatic rings. The van der Waals surface area contributed by atoms with E-state index in [1.807, 2.05) is 24.4 Å². The van der Waals surface area contributed by atoms with Crippen LogP contribution in [-0.2, 0) is 9.47 Å². The Hall–Kier alpha value is -1.53. The molecule has 1 saturated heterocycles. The van der Waals surface area contributed by atoms with E-state index in [4.69, 9.17) is 15.3 Å². The Morgan fingerprint density at radius 1 is 1.32 bits per heavy atom. The molecule has 2 atom stereocenters. The number of hydrogen-bond acceptors (Lipinski definition) is 5. The lowest BCUT2D eigenvalue weighted by Gasteiger charge is -2.30. The first-order valence-electron chi connectivity index (χ1n) is 6.38. The Bertz CT molecular complexity index is 550. The highest BCUT2D eigenvalue weighted by Gasteiger charge is 2.26. The molecule has 0 saturated carbocycles. The third-order valence-electron chi connectivity index (χ3n) is 3.44. The van der Waals surface area contributed by atoms with Crippen molar-refractivity contribution >= 4 is 10.8 Å². The van der Waals surface area contributed by atoms with Gasteiger partial charge in [0.2, 0.25) is 0 Å². The van der Waals surface area contributed by atoms with Crippen LogP contribution in [0.4, 0.5) is 0 Å². The molecule has 0 radical (unpaired) electrons. The normalized spacial score (nSPS) is 21.4. The van der Waals surface area contributed by atoms with E-state index in [-0.39, 0.29) is 12.1 Å². The van der Waals surface area contributed by atoms with Crippen molar-refractivity contribution in [2.45, 2.75) is 12.1 Å². The zero-order chi connectivity index (χ0) is 13.1. The fourth-order valence-electron chi connectivity index (χ4n) is 2.51. The van der Waals surface area contributed by atoms with Gasteiger partial charge in [0.05, 0.1) is 25.9 Å². The van der Waals surface area contributed by atoms with Gasteiger partial charge in [0, 0.05) is 17.8 Å². The molecule has 1 aliphatic heterocycles. The highest BCUT2D eigenvalue weighted by molar-refractivity contribution is 5.85. The first-order chi connectivity index (χ1) is 9.40. The largest absolute Gasteiger partial charge is 0.376 e. The Morgan fingerprint density at radius 2 is 2.26 bits per heavy atom. The Morgan fingerprint density at radius 3 is 3.05 bits per heavy atom. The van der Waals surface area contributed by atoms with Crippen LogP contribution in [0.2, 0.25) is 0 Å². The van der Waals surface area contributed by atoms with Gasteiger partial charge in [0.25, 0.3) is 0 Å². The number of aromatic nitrogens is 1. The maximum Gasteiger partial charge on any atom is 0.102 e. The molecule has 1 aliphatic rings. The number of pyridine rings is 1.